The molecule has 0 atom stereocenters. The van der Waals surface area contributed by atoms with Crippen LogP contribution in [0.2, 0.25) is 0 Å². The van der Waals surface area contributed by atoms with Crippen molar-refractivity contribution in [1.82, 2.24) is 0 Å². The number of para-hydroxylation sites is 1. The zero-order chi connectivity index (χ0) is 16.9. The summed E-state index contributed by atoms with van der Waals surface area (Å²) in [6.07, 6.45) is 5.03. The van der Waals surface area contributed by atoms with Crippen LogP contribution in [0.1, 0.15) is 42.1 Å². The SMILES string of the molecule is CCCCCOc1c2ccc(N=CN(C)c3ccccc3)c1C2=O. The van der Waals surface area contributed by atoms with E-state index in [9.17, 15) is 4.79 Å². The van der Waals surface area contributed by atoms with E-state index in [-0.39, 0.29) is 5.78 Å². The minimum atomic E-state index is 0.0394. The molecule has 24 heavy (non-hydrogen) atoms. The van der Waals surface area contributed by atoms with Crippen LogP contribution >= 0.6 is 0 Å². The van der Waals surface area contributed by atoms with Gasteiger partial charge in [-0.05, 0) is 30.7 Å². The highest BCUT2D eigenvalue weighted by Crippen LogP contribution is 2.43. The number of carbonyl (C=O) groups is 1. The fraction of sp³-hybridized carbons (Fsp3) is 0.300. The third-order valence-electron chi connectivity index (χ3n) is 4.14. The first kappa shape index (κ1) is 16.2. The van der Waals surface area contributed by atoms with Gasteiger partial charge in [-0.15, -0.1) is 0 Å². The van der Waals surface area contributed by atoms with E-state index < -0.39 is 0 Å². The lowest BCUT2D eigenvalue weighted by atomic mass is 9.87. The third kappa shape index (κ3) is 3.18. The molecule has 0 fully saturated rings. The van der Waals surface area contributed by atoms with Crippen LogP contribution in [-0.2, 0) is 0 Å². The maximum atomic E-state index is 12.1. The number of benzene rings is 2. The Kier molecular flexibility index (Phi) is 4.94. The summed E-state index contributed by atoms with van der Waals surface area (Å²) in [6, 6.07) is 13.6. The van der Waals surface area contributed by atoms with E-state index in [1.54, 1.807) is 12.4 Å². The summed E-state index contributed by atoms with van der Waals surface area (Å²) in [7, 11) is 1.93. The van der Waals surface area contributed by atoms with E-state index in [2.05, 4.69) is 11.9 Å². The smallest absolute Gasteiger partial charge is 0.202 e. The molecule has 2 aliphatic carbocycles. The van der Waals surface area contributed by atoms with Crippen molar-refractivity contribution in [2.24, 2.45) is 4.99 Å². The van der Waals surface area contributed by atoms with Crippen molar-refractivity contribution in [2.45, 2.75) is 26.2 Å². The number of hydrogen-bond donors (Lipinski definition) is 0. The Morgan fingerprint density at radius 1 is 1.12 bits per heavy atom. The minimum absolute atomic E-state index is 0.0394. The summed E-state index contributed by atoms with van der Waals surface area (Å²) in [4.78, 5) is 18.5. The molecule has 0 aliphatic heterocycles. The molecule has 0 N–H and O–H groups in total. The lowest BCUT2D eigenvalue weighted by molar-refractivity contribution is 0.100. The molecule has 0 spiro atoms. The molecule has 2 aromatic carbocycles. The van der Waals surface area contributed by atoms with E-state index in [1.807, 2.05) is 48.3 Å². The molecular formula is C20H22N2O2. The Morgan fingerprint density at radius 2 is 1.92 bits per heavy atom. The van der Waals surface area contributed by atoms with Crippen LogP contribution < -0.4 is 9.64 Å². The number of rotatable bonds is 8. The van der Waals surface area contributed by atoms with Crippen molar-refractivity contribution in [3.05, 3.63) is 53.6 Å². The lowest BCUT2D eigenvalue weighted by Gasteiger charge is -2.24. The molecule has 0 amide bonds. The van der Waals surface area contributed by atoms with Gasteiger partial charge in [0.05, 0.1) is 29.8 Å². The second-order valence-electron chi connectivity index (χ2n) is 5.91. The van der Waals surface area contributed by atoms with Gasteiger partial charge in [-0.25, -0.2) is 4.99 Å². The summed E-state index contributed by atoms with van der Waals surface area (Å²) >= 11 is 0. The molecule has 2 bridgehead atoms. The average Bonchev–Trinajstić information content (AvgIpc) is 2.63. The number of anilines is 1. The van der Waals surface area contributed by atoms with Crippen LogP contribution in [0, 0.1) is 0 Å². The van der Waals surface area contributed by atoms with Crippen LogP contribution in [0.15, 0.2) is 47.5 Å². The van der Waals surface area contributed by atoms with Crippen molar-refractivity contribution in [3.63, 3.8) is 0 Å². The summed E-state index contributed by atoms with van der Waals surface area (Å²) in [5.41, 5.74) is 3.00. The van der Waals surface area contributed by atoms with Gasteiger partial charge in [-0.3, -0.25) is 4.79 Å². The number of unbranched alkanes of at least 4 members (excludes halogenated alkanes) is 2. The van der Waals surface area contributed by atoms with Crippen LogP contribution in [0.3, 0.4) is 0 Å². The van der Waals surface area contributed by atoms with E-state index in [4.69, 9.17) is 4.74 Å². The summed E-state index contributed by atoms with van der Waals surface area (Å²) in [5.74, 6) is 0.755. The molecule has 0 aromatic heterocycles. The zero-order valence-corrected chi connectivity index (χ0v) is 14.2. The monoisotopic (exact) mass is 322 g/mol. The fourth-order valence-corrected chi connectivity index (χ4v) is 2.71. The molecule has 0 radical (unpaired) electrons. The van der Waals surface area contributed by atoms with Crippen LogP contribution in [-0.4, -0.2) is 25.8 Å². The fourth-order valence-electron chi connectivity index (χ4n) is 2.71. The first-order valence-electron chi connectivity index (χ1n) is 8.39. The van der Waals surface area contributed by atoms with Crippen molar-refractivity contribution in [1.29, 1.82) is 0 Å². The largest absolute Gasteiger partial charge is 0.492 e. The van der Waals surface area contributed by atoms with Crippen LogP contribution in [0.25, 0.3) is 0 Å². The molecule has 0 heterocycles. The normalized spacial score (nSPS) is 12.3. The molecule has 4 heteroatoms. The van der Waals surface area contributed by atoms with E-state index in [0.29, 0.717) is 29.2 Å². The Balaban J connectivity index is 1.73. The second kappa shape index (κ2) is 7.30. The van der Waals surface area contributed by atoms with Gasteiger partial charge in [0.1, 0.15) is 5.75 Å². The lowest BCUT2D eigenvalue weighted by Crippen LogP contribution is -2.19. The molecule has 124 valence electrons. The van der Waals surface area contributed by atoms with Gasteiger partial charge in [0, 0.05) is 12.7 Å². The minimum Gasteiger partial charge on any atom is -0.492 e. The standard InChI is InChI=1S/C20H22N2O2/c1-3-4-8-13-24-20-16-11-12-17(18(20)19(16)23)21-14-22(2)15-9-6-5-7-10-15/h5-7,9-12,14H,3-4,8,13H2,1-2H3. The van der Waals surface area contributed by atoms with Gasteiger partial charge in [0.2, 0.25) is 5.78 Å². The number of carbonyl (C=O) groups excluding carboxylic acids is 1. The molecule has 2 aromatic rings. The van der Waals surface area contributed by atoms with E-state index in [1.165, 1.54) is 0 Å². The molecule has 0 saturated carbocycles. The highest BCUT2D eigenvalue weighted by atomic mass is 16.5. The highest BCUT2D eigenvalue weighted by Gasteiger charge is 2.34. The molecule has 0 unspecified atom stereocenters. The Morgan fingerprint density at radius 3 is 2.62 bits per heavy atom. The van der Waals surface area contributed by atoms with E-state index in [0.717, 1.165) is 24.9 Å². The van der Waals surface area contributed by atoms with Crippen molar-refractivity contribution in [3.8, 4) is 5.75 Å². The van der Waals surface area contributed by atoms with Gasteiger partial charge in [0.25, 0.3) is 0 Å². The number of aliphatic imine (C=N–C) groups is 1. The van der Waals surface area contributed by atoms with Crippen molar-refractivity contribution < 1.29 is 9.53 Å². The van der Waals surface area contributed by atoms with Crippen molar-refractivity contribution >= 4 is 23.5 Å². The predicted octanol–water partition coefficient (Wildman–Crippen LogP) is 4.60. The number of fused-ring (bicyclic) bond motifs is 2. The zero-order valence-electron chi connectivity index (χ0n) is 14.2. The van der Waals surface area contributed by atoms with E-state index >= 15 is 0 Å². The van der Waals surface area contributed by atoms with Crippen LogP contribution in [0.5, 0.6) is 5.75 Å². The number of nitrogens with zero attached hydrogens (tertiary/aromatic N) is 2. The molecule has 0 saturated heterocycles. The first-order chi connectivity index (χ1) is 11.7. The Bertz CT molecular complexity index is 754. The molecule has 2 aliphatic rings. The summed E-state index contributed by atoms with van der Waals surface area (Å²) in [5, 5.41) is 0. The highest BCUT2D eigenvalue weighted by molar-refractivity contribution is 6.24. The summed E-state index contributed by atoms with van der Waals surface area (Å²) < 4.78 is 5.80. The number of hydrogen-bond acceptors (Lipinski definition) is 3. The van der Waals surface area contributed by atoms with Crippen molar-refractivity contribution in [2.75, 3.05) is 18.6 Å². The molecular weight excluding hydrogens is 300 g/mol. The van der Waals surface area contributed by atoms with Gasteiger partial charge in [-0.1, -0.05) is 38.0 Å². The predicted molar refractivity (Wildman–Crippen MR) is 97.9 cm³/mol. The van der Waals surface area contributed by atoms with Gasteiger partial charge >= 0.3 is 0 Å². The van der Waals surface area contributed by atoms with Gasteiger partial charge in [0.15, 0.2) is 0 Å². The second-order valence-corrected chi connectivity index (χ2v) is 5.91. The number of ether oxygens (including phenoxy) is 1. The Hall–Kier alpha value is -2.62. The van der Waals surface area contributed by atoms with Crippen LogP contribution in [0.4, 0.5) is 11.4 Å². The Labute approximate surface area is 142 Å². The van der Waals surface area contributed by atoms with Gasteiger partial charge < -0.3 is 9.64 Å². The van der Waals surface area contributed by atoms with Gasteiger partial charge in [-0.2, -0.15) is 0 Å². The number of ketones is 1. The topological polar surface area (TPSA) is 41.9 Å². The molecule has 4 rings (SSSR count). The first-order valence-corrected chi connectivity index (χ1v) is 8.39. The maximum absolute atomic E-state index is 12.1. The average molecular weight is 322 g/mol. The summed E-state index contributed by atoms with van der Waals surface area (Å²) in [6.45, 7) is 2.81. The molecule has 4 nitrogen and oxygen atoms in total. The quantitative estimate of drug-likeness (QED) is 0.346. The third-order valence-corrected chi connectivity index (χ3v) is 4.14. The maximum Gasteiger partial charge on any atom is 0.202 e.